The van der Waals surface area contributed by atoms with E-state index >= 15 is 0 Å². The normalized spacial score (nSPS) is 12.9. The smallest absolute Gasteiger partial charge is 0.181 e. The summed E-state index contributed by atoms with van der Waals surface area (Å²) in [5.74, 6) is 0.839. The summed E-state index contributed by atoms with van der Waals surface area (Å²) in [4.78, 5) is 8.87. The van der Waals surface area contributed by atoms with Crippen LogP contribution in [0, 0.1) is 0 Å². The lowest BCUT2D eigenvalue weighted by atomic mass is 9.95. The number of pyridine rings is 1. The van der Waals surface area contributed by atoms with E-state index in [9.17, 15) is 0 Å². The number of rotatable bonds is 2. The fourth-order valence-corrected chi connectivity index (χ4v) is 3.83. The lowest BCUT2D eigenvalue weighted by Crippen LogP contribution is -1.97. The molecule has 126 valence electrons. The molecule has 0 atom stereocenters. The van der Waals surface area contributed by atoms with E-state index in [1.807, 2.05) is 12.3 Å². The number of fused-ring (bicyclic) bond motifs is 2. The Balaban J connectivity index is 1.58. The lowest BCUT2D eigenvalue weighted by Gasteiger charge is -2.10. The van der Waals surface area contributed by atoms with Crippen molar-refractivity contribution in [3.05, 3.63) is 95.8 Å². The minimum atomic E-state index is 0.839. The van der Waals surface area contributed by atoms with E-state index in [4.69, 9.17) is 9.40 Å². The lowest BCUT2D eigenvalue weighted by molar-refractivity contribution is 0.571. The second-order valence-corrected chi connectivity index (χ2v) is 6.68. The molecule has 0 fully saturated rings. The number of oxazole rings is 1. The Bertz CT molecular complexity index is 1050. The first-order valence-electron chi connectivity index (χ1n) is 8.91. The first kappa shape index (κ1) is 15.1. The van der Waals surface area contributed by atoms with Crippen LogP contribution in [-0.4, -0.2) is 9.97 Å². The van der Waals surface area contributed by atoms with Crippen LogP contribution >= 0.6 is 0 Å². The number of nitrogens with zero attached hydrogens (tertiary/aromatic N) is 2. The van der Waals surface area contributed by atoms with Crippen LogP contribution in [0.2, 0.25) is 0 Å². The number of benzene rings is 2. The largest absolute Gasteiger partial charge is 0.444 e. The molecule has 0 unspecified atom stereocenters. The van der Waals surface area contributed by atoms with Crippen LogP contribution in [0.5, 0.6) is 0 Å². The van der Waals surface area contributed by atoms with Gasteiger partial charge in [0.25, 0.3) is 0 Å². The molecule has 26 heavy (non-hydrogen) atoms. The Labute approximate surface area is 152 Å². The van der Waals surface area contributed by atoms with Crippen molar-refractivity contribution in [3.63, 3.8) is 0 Å². The van der Waals surface area contributed by atoms with Gasteiger partial charge in [-0.3, -0.25) is 4.98 Å². The molecule has 0 bridgehead atoms. The van der Waals surface area contributed by atoms with Gasteiger partial charge in [-0.05, 0) is 47.6 Å². The molecule has 0 aliphatic heterocycles. The van der Waals surface area contributed by atoms with Gasteiger partial charge >= 0.3 is 0 Å². The van der Waals surface area contributed by atoms with Crippen LogP contribution in [-0.2, 0) is 19.3 Å². The van der Waals surface area contributed by atoms with Crippen LogP contribution < -0.4 is 0 Å². The molecule has 0 radical (unpaired) electrons. The molecule has 2 aromatic heterocycles. The summed E-state index contributed by atoms with van der Waals surface area (Å²) in [6.45, 7) is 0. The predicted octanol–water partition coefficient (Wildman–Crippen LogP) is 5.09. The van der Waals surface area contributed by atoms with Gasteiger partial charge in [0, 0.05) is 23.0 Å². The third kappa shape index (κ3) is 2.62. The van der Waals surface area contributed by atoms with E-state index in [0.717, 1.165) is 30.6 Å². The molecule has 0 amide bonds. The third-order valence-electron chi connectivity index (χ3n) is 5.13. The Morgan fingerprint density at radius 1 is 0.808 bits per heavy atom. The quantitative estimate of drug-likeness (QED) is 0.511. The summed E-state index contributed by atoms with van der Waals surface area (Å²) in [7, 11) is 0. The van der Waals surface area contributed by atoms with Crippen molar-refractivity contribution in [3.8, 4) is 22.5 Å². The van der Waals surface area contributed by atoms with Crippen LogP contribution in [0.4, 0.5) is 0 Å². The van der Waals surface area contributed by atoms with Crippen LogP contribution in [0.15, 0.2) is 77.8 Å². The van der Waals surface area contributed by atoms with Gasteiger partial charge in [-0.2, -0.15) is 0 Å². The van der Waals surface area contributed by atoms with Gasteiger partial charge < -0.3 is 4.42 Å². The van der Waals surface area contributed by atoms with Gasteiger partial charge in [-0.15, -0.1) is 0 Å². The molecule has 2 aromatic carbocycles. The second-order valence-electron chi connectivity index (χ2n) is 6.68. The fraction of sp³-hybridized carbons (Fsp3) is 0.130. The molecule has 0 N–H and O–H groups in total. The van der Waals surface area contributed by atoms with Gasteiger partial charge in [0.15, 0.2) is 12.2 Å². The van der Waals surface area contributed by atoms with Crippen LogP contribution in [0.3, 0.4) is 0 Å². The molecule has 0 spiro atoms. The van der Waals surface area contributed by atoms with Gasteiger partial charge in [0.2, 0.25) is 0 Å². The van der Waals surface area contributed by atoms with E-state index in [2.05, 4.69) is 53.5 Å². The maximum Gasteiger partial charge on any atom is 0.181 e. The van der Waals surface area contributed by atoms with Crippen molar-refractivity contribution in [1.82, 2.24) is 9.97 Å². The van der Waals surface area contributed by atoms with Gasteiger partial charge in [-0.1, -0.05) is 48.5 Å². The van der Waals surface area contributed by atoms with Crippen molar-refractivity contribution in [2.24, 2.45) is 0 Å². The summed E-state index contributed by atoms with van der Waals surface area (Å²) >= 11 is 0. The van der Waals surface area contributed by atoms with E-state index in [0.29, 0.717) is 0 Å². The minimum absolute atomic E-state index is 0.839. The first-order valence-corrected chi connectivity index (χ1v) is 8.91. The number of hydrogen-bond acceptors (Lipinski definition) is 3. The van der Waals surface area contributed by atoms with Gasteiger partial charge in [-0.25, -0.2) is 4.98 Å². The predicted molar refractivity (Wildman–Crippen MR) is 102 cm³/mol. The summed E-state index contributed by atoms with van der Waals surface area (Å²) in [5, 5.41) is 0. The molecular weight excluding hydrogens is 320 g/mol. The molecule has 0 saturated carbocycles. The summed E-state index contributed by atoms with van der Waals surface area (Å²) in [5.41, 5.74) is 8.76. The SMILES string of the molecule is c1ccc(-c2cnc3c(c2)Cc2cccc(-c4cnco4)c2CC3)cc1. The highest BCUT2D eigenvalue weighted by molar-refractivity contribution is 5.66. The van der Waals surface area contributed by atoms with E-state index in [1.54, 1.807) is 6.20 Å². The molecule has 4 aromatic rings. The van der Waals surface area contributed by atoms with Crippen molar-refractivity contribution in [2.75, 3.05) is 0 Å². The van der Waals surface area contributed by atoms with Crippen molar-refractivity contribution < 1.29 is 4.42 Å². The van der Waals surface area contributed by atoms with Crippen LogP contribution in [0.25, 0.3) is 22.5 Å². The highest BCUT2D eigenvalue weighted by Crippen LogP contribution is 2.32. The second kappa shape index (κ2) is 6.26. The molecule has 2 heterocycles. The Morgan fingerprint density at radius 3 is 2.58 bits per heavy atom. The highest BCUT2D eigenvalue weighted by Gasteiger charge is 2.19. The first-order chi connectivity index (χ1) is 12.9. The molecular formula is C23H18N2O. The minimum Gasteiger partial charge on any atom is -0.444 e. The van der Waals surface area contributed by atoms with Crippen molar-refractivity contribution in [1.29, 1.82) is 0 Å². The molecule has 5 rings (SSSR count). The summed E-state index contributed by atoms with van der Waals surface area (Å²) in [6, 6.07) is 19.2. The average molecular weight is 338 g/mol. The molecule has 1 aliphatic carbocycles. The van der Waals surface area contributed by atoms with Gasteiger partial charge in [0.1, 0.15) is 0 Å². The number of aromatic nitrogens is 2. The van der Waals surface area contributed by atoms with E-state index in [-0.39, 0.29) is 0 Å². The van der Waals surface area contributed by atoms with Crippen molar-refractivity contribution in [2.45, 2.75) is 19.3 Å². The molecule has 0 saturated heterocycles. The standard InChI is InChI=1S/C23H18N2O/c1-2-5-16(6-3-1)19-12-18-11-17-7-4-8-21(23-14-24-15-26-23)20(17)9-10-22(18)25-13-19/h1-8,12-15H,9-11H2. The van der Waals surface area contributed by atoms with Crippen molar-refractivity contribution >= 4 is 0 Å². The fourth-order valence-electron chi connectivity index (χ4n) is 3.83. The average Bonchev–Trinajstić information content (AvgIpc) is 3.16. The number of hydrogen-bond donors (Lipinski definition) is 0. The molecule has 3 nitrogen and oxygen atoms in total. The highest BCUT2D eigenvalue weighted by atomic mass is 16.3. The summed E-state index contributed by atoms with van der Waals surface area (Å²) in [6.07, 6.45) is 8.11. The van der Waals surface area contributed by atoms with Crippen LogP contribution in [0.1, 0.15) is 22.4 Å². The third-order valence-corrected chi connectivity index (χ3v) is 5.13. The maximum absolute atomic E-state index is 5.55. The Morgan fingerprint density at radius 2 is 1.73 bits per heavy atom. The molecule has 1 aliphatic rings. The monoisotopic (exact) mass is 338 g/mol. The van der Waals surface area contributed by atoms with E-state index < -0.39 is 0 Å². The Hall–Kier alpha value is -3.20. The Kier molecular flexibility index (Phi) is 3.64. The zero-order valence-corrected chi connectivity index (χ0v) is 14.4. The van der Waals surface area contributed by atoms with Gasteiger partial charge in [0.05, 0.1) is 6.20 Å². The number of aryl methyl sites for hydroxylation is 1. The summed E-state index contributed by atoms with van der Waals surface area (Å²) < 4.78 is 5.55. The molecule has 3 heteroatoms. The topological polar surface area (TPSA) is 38.9 Å². The van der Waals surface area contributed by atoms with E-state index in [1.165, 1.54) is 39.9 Å². The maximum atomic E-state index is 5.55. The zero-order valence-electron chi connectivity index (χ0n) is 14.4. The zero-order chi connectivity index (χ0) is 17.3.